The van der Waals surface area contributed by atoms with Crippen LogP contribution in [0.3, 0.4) is 0 Å². The summed E-state index contributed by atoms with van der Waals surface area (Å²) >= 11 is 0. The van der Waals surface area contributed by atoms with Gasteiger partial charge in [-0.2, -0.15) is 0 Å². The van der Waals surface area contributed by atoms with Crippen molar-refractivity contribution in [3.63, 3.8) is 0 Å². The smallest absolute Gasteiger partial charge is 0.241 e. The molecule has 4 nitrogen and oxygen atoms in total. The lowest BCUT2D eigenvalue weighted by Crippen LogP contribution is -2.27. The maximum Gasteiger partial charge on any atom is 0.241 e. The number of hydrogen-bond donors (Lipinski definition) is 2. The predicted octanol–water partition coefficient (Wildman–Crippen LogP) is 2.32. The van der Waals surface area contributed by atoms with Gasteiger partial charge in [0.15, 0.2) is 0 Å². The van der Waals surface area contributed by atoms with Crippen LogP contribution in [0.4, 0.5) is 4.39 Å². The second-order valence-electron chi connectivity index (χ2n) is 4.72. The van der Waals surface area contributed by atoms with E-state index in [1.165, 1.54) is 18.2 Å². The van der Waals surface area contributed by atoms with E-state index in [4.69, 9.17) is 5.73 Å². The van der Waals surface area contributed by atoms with Crippen LogP contribution in [0.5, 0.6) is 0 Å². The Morgan fingerprint density at radius 2 is 1.90 bits per heavy atom. The Balaban J connectivity index is 2.27. The van der Waals surface area contributed by atoms with Crippen molar-refractivity contribution in [2.75, 3.05) is 0 Å². The van der Waals surface area contributed by atoms with Gasteiger partial charge in [-0.05, 0) is 30.7 Å². The van der Waals surface area contributed by atoms with Gasteiger partial charge in [0.05, 0.1) is 4.90 Å². The Labute approximate surface area is 123 Å². The number of nitrogens with one attached hydrogen (secondary N) is 1. The van der Waals surface area contributed by atoms with Crippen LogP contribution >= 0.6 is 0 Å². The molecule has 21 heavy (non-hydrogen) atoms. The number of halogens is 1. The fraction of sp³-hybridized carbons (Fsp3) is 0.200. The van der Waals surface area contributed by atoms with Crippen molar-refractivity contribution >= 4 is 10.0 Å². The third-order valence-electron chi connectivity index (χ3n) is 3.15. The van der Waals surface area contributed by atoms with Crippen molar-refractivity contribution in [2.45, 2.75) is 24.4 Å². The molecule has 0 aromatic heterocycles. The molecule has 0 amide bonds. The molecule has 2 aromatic rings. The summed E-state index contributed by atoms with van der Waals surface area (Å²) in [6.45, 7) is 1.86. The van der Waals surface area contributed by atoms with E-state index >= 15 is 0 Å². The number of benzene rings is 2. The van der Waals surface area contributed by atoms with E-state index in [9.17, 15) is 12.8 Å². The van der Waals surface area contributed by atoms with Crippen LogP contribution in [0.25, 0.3) is 0 Å². The van der Waals surface area contributed by atoms with Crippen LogP contribution in [0.1, 0.15) is 24.1 Å². The average molecular weight is 308 g/mol. The molecule has 2 rings (SSSR count). The quantitative estimate of drug-likeness (QED) is 0.890. The summed E-state index contributed by atoms with van der Waals surface area (Å²) in [6.07, 6.45) is 0. The molecule has 2 aromatic carbocycles. The first-order chi connectivity index (χ1) is 9.94. The van der Waals surface area contributed by atoms with Gasteiger partial charge in [0.25, 0.3) is 0 Å². The van der Waals surface area contributed by atoms with Crippen LogP contribution < -0.4 is 10.5 Å². The van der Waals surface area contributed by atoms with Crippen molar-refractivity contribution in [3.05, 3.63) is 65.5 Å². The molecular weight excluding hydrogens is 291 g/mol. The highest BCUT2D eigenvalue weighted by Gasteiger charge is 2.20. The van der Waals surface area contributed by atoms with E-state index < -0.39 is 21.9 Å². The normalized spacial score (nSPS) is 13.1. The number of hydrogen-bond acceptors (Lipinski definition) is 3. The lowest BCUT2D eigenvalue weighted by atomic mass is 10.1. The summed E-state index contributed by atoms with van der Waals surface area (Å²) in [7, 11) is -3.73. The number of sulfonamides is 1. The van der Waals surface area contributed by atoms with Crippen molar-refractivity contribution in [2.24, 2.45) is 5.73 Å². The zero-order valence-electron chi connectivity index (χ0n) is 11.6. The second-order valence-corrected chi connectivity index (χ2v) is 6.43. The van der Waals surface area contributed by atoms with Crippen LogP contribution in [-0.4, -0.2) is 8.42 Å². The molecule has 0 aliphatic carbocycles. The highest BCUT2D eigenvalue weighted by Crippen LogP contribution is 2.19. The van der Waals surface area contributed by atoms with E-state index in [1.807, 2.05) is 0 Å². The molecule has 1 atom stereocenters. The van der Waals surface area contributed by atoms with Gasteiger partial charge in [-0.3, -0.25) is 0 Å². The number of rotatable bonds is 5. The maximum absolute atomic E-state index is 13.7. The van der Waals surface area contributed by atoms with Crippen LogP contribution in [0.15, 0.2) is 53.4 Å². The molecule has 0 aliphatic heterocycles. The van der Waals surface area contributed by atoms with Gasteiger partial charge in [-0.15, -0.1) is 0 Å². The minimum atomic E-state index is -3.73. The fourth-order valence-electron chi connectivity index (χ4n) is 2.03. The van der Waals surface area contributed by atoms with Crippen LogP contribution in [0, 0.1) is 5.82 Å². The van der Waals surface area contributed by atoms with Gasteiger partial charge >= 0.3 is 0 Å². The van der Waals surface area contributed by atoms with E-state index in [0.717, 1.165) is 5.56 Å². The third-order valence-corrected chi connectivity index (χ3v) is 4.69. The Kier molecular flexibility index (Phi) is 4.72. The molecule has 0 bridgehead atoms. The van der Waals surface area contributed by atoms with Crippen molar-refractivity contribution in [1.82, 2.24) is 4.72 Å². The summed E-state index contributed by atoms with van der Waals surface area (Å²) in [5.41, 5.74) is 6.53. The molecular formula is C15H17FN2O2S. The lowest BCUT2D eigenvalue weighted by Gasteiger charge is -2.15. The van der Waals surface area contributed by atoms with Gasteiger partial charge in [0.1, 0.15) is 5.82 Å². The summed E-state index contributed by atoms with van der Waals surface area (Å²) in [5, 5.41) is 0. The van der Waals surface area contributed by atoms with Crippen molar-refractivity contribution < 1.29 is 12.8 Å². The van der Waals surface area contributed by atoms with E-state index in [-0.39, 0.29) is 11.4 Å². The highest BCUT2D eigenvalue weighted by molar-refractivity contribution is 7.89. The van der Waals surface area contributed by atoms with Crippen LogP contribution in [-0.2, 0) is 16.6 Å². The molecule has 0 spiro atoms. The van der Waals surface area contributed by atoms with Gasteiger partial charge in [-0.1, -0.05) is 30.3 Å². The SMILES string of the molecule is CC(NS(=O)(=O)c1cccc(CN)c1)c1ccccc1F. The molecule has 0 radical (unpaired) electrons. The van der Waals surface area contributed by atoms with Gasteiger partial charge in [0.2, 0.25) is 10.0 Å². The number of nitrogens with two attached hydrogens (primary N) is 1. The zero-order valence-corrected chi connectivity index (χ0v) is 12.4. The zero-order chi connectivity index (χ0) is 15.5. The average Bonchev–Trinajstić information content (AvgIpc) is 2.47. The Bertz CT molecular complexity index is 732. The van der Waals surface area contributed by atoms with Crippen molar-refractivity contribution in [1.29, 1.82) is 0 Å². The van der Waals surface area contributed by atoms with E-state index in [0.29, 0.717) is 5.56 Å². The minimum Gasteiger partial charge on any atom is -0.326 e. The Hall–Kier alpha value is -1.76. The van der Waals surface area contributed by atoms with Crippen LogP contribution in [0.2, 0.25) is 0 Å². The predicted molar refractivity (Wildman–Crippen MR) is 79.5 cm³/mol. The Morgan fingerprint density at radius 1 is 1.19 bits per heavy atom. The second kappa shape index (κ2) is 6.34. The molecule has 3 N–H and O–H groups in total. The molecule has 0 heterocycles. The molecule has 1 unspecified atom stereocenters. The molecule has 0 saturated carbocycles. The molecule has 0 aliphatic rings. The molecule has 112 valence electrons. The first-order valence-electron chi connectivity index (χ1n) is 6.50. The summed E-state index contributed by atoms with van der Waals surface area (Å²) in [5.74, 6) is -0.441. The van der Waals surface area contributed by atoms with Gasteiger partial charge < -0.3 is 5.73 Å². The largest absolute Gasteiger partial charge is 0.326 e. The Morgan fingerprint density at radius 3 is 2.57 bits per heavy atom. The van der Waals surface area contributed by atoms with E-state index in [2.05, 4.69) is 4.72 Å². The first-order valence-corrected chi connectivity index (χ1v) is 7.98. The standard InChI is InChI=1S/C15H17FN2O2S/c1-11(14-7-2-3-8-15(14)16)18-21(19,20)13-6-4-5-12(9-13)10-17/h2-9,11,18H,10,17H2,1H3. The minimum absolute atomic E-state index is 0.119. The van der Waals surface area contributed by atoms with Gasteiger partial charge in [-0.25, -0.2) is 17.5 Å². The van der Waals surface area contributed by atoms with E-state index in [1.54, 1.807) is 37.3 Å². The summed E-state index contributed by atoms with van der Waals surface area (Å²) in [6, 6.07) is 11.8. The fourth-order valence-corrected chi connectivity index (χ4v) is 3.32. The summed E-state index contributed by atoms with van der Waals surface area (Å²) in [4.78, 5) is 0.119. The first kappa shape index (κ1) is 15.6. The lowest BCUT2D eigenvalue weighted by molar-refractivity contribution is 0.550. The molecule has 0 fully saturated rings. The van der Waals surface area contributed by atoms with Gasteiger partial charge in [0, 0.05) is 18.2 Å². The summed E-state index contributed by atoms with van der Waals surface area (Å²) < 4.78 is 40.8. The third kappa shape index (κ3) is 3.66. The maximum atomic E-state index is 13.7. The monoisotopic (exact) mass is 308 g/mol. The molecule has 6 heteroatoms. The van der Waals surface area contributed by atoms with Crippen molar-refractivity contribution in [3.8, 4) is 0 Å². The highest BCUT2D eigenvalue weighted by atomic mass is 32.2. The molecule has 0 saturated heterocycles. The topological polar surface area (TPSA) is 72.2 Å².